The molecule has 0 aliphatic carbocycles. The number of urea groups is 1. The van der Waals surface area contributed by atoms with E-state index in [2.05, 4.69) is 5.32 Å². The molecule has 0 saturated carbocycles. The van der Waals surface area contributed by atoms with E-state index in [4.69, 9.17) is 5.73 Å². The standard InChI is InChI=1S/C13H16FN3O2/c1-2-10(15)7-17-12(18)11(16-13(17)19)8-3-5-9(14)6-4-8/h3-6,10-11H,2,7,15H2,1H3,(H,16,19). The van der Waals surface area contributed by atoms with E-state index in [1.165, 1.54) is 24.3 Å². The lowest BCUT2D eigenvalue weighted by atomic mass is 10.1. The quantitative estimate of drug-likeness (QED) is 0.802. The van der Waals surface area contributed by atoms with E-state index in [-0.39, 0.29) is 24.3 Å². The molecule has 102 valence electrons. The Bertz CT molecular complexity index is 489. The van der Waals surface area contributed by atoms with Crippen molar-refractivity contribution < 1.29 is 14.0 Å². The van der Waals surface area contributed by atoms with Crippen molar-refractivity contribution in [3.63, 3.8) is 0 Å². The van der Waals surface area contributed by atoms with Gasteiger partial charge in [-0.25, -0.2) is 9.18 Å². The minimum absolute atomic E-state index is 0.193. The number of amides is 3. The van der Waals surface area contributed by atoms with Gasteiger partial charge in [-0.05, 0) is 24.1 Å². The van der Waals surface area contributed by atoms with E-state index >= 15 is 0 Å². The summed E-state index contributed by atoms with van der Waals surface area (Å²) in [6.45, 7) is 2.08. The van der Waals surface area contributed by atoms with Crippen molar-refractivity contribution in [3.8, 4) is 0 Å². The van der Waals surface area contributed by atoms with Gasteiger partial charge in [-0.3, -0.25) is 9.69 Å². The van der Waals surface area contributed by atoms with Gasteiger partial charge in [0.15, 0.2) is 0 Å². The first-order valence-electron chi connectivity index (χ1n) is 6.16. The highest BCUT2D eigenvalue weighted by molar-refractivity contribution is 6.04. The second kappa shape index (κ2) is 5.36. The molecule has 3 N–H and O–H groups in total. The molecule has 0 spiro atoms. The smallest absolute Gasteiger partial charge is 0.325 e. The third-order valence-corrected chi connectivity index (χ3v) is 3.17. The van der Waals surface area contributed by atoms with E-state index in [9.17, 15) is 14.0 Å². The van der Waals surface area contributed by atoms with Crippen LogP contribution in [-0.2, 0) is 4.79 Å². The first kappa shape index (κ1) is 13.5. The Labute approximate surface area is 110 Å². The fourth-order valence-electron chi connectivity index (χ4n) is 1.94. The van der Waals surface area contributed by atoms with Gasteiger partial charge < -0.3 is 11.1 Å². The minimum atomic E-state index is -0.753. The topological polar surface area (TPSA) is 75.4 Å². The van der Waals surface area contributed by atoms with Gasteiger partial charge in [0.2, 0.25) is 0 Å². The summed E-state index contributed by atoms with van der Waals surface area (Å²) in [7, 11) is 0. The summed E-state index contributed by atoms with van der Waals surface area (Å²) in [5.41, 5.74) is 6.32. The maximum atomic E-state index is 12.8. The van der Waals surface area contributed by atoms with Crippen molar-refractivity contribution in [2.45, 2.75) is 25.4 Å². The van der Waals surface area contributed by atoms with E-state index in [1.807, 2.05) is 6.92 Å². The molecular weight excluding hydrogens is 249 g/mol. The Hall–Kier alpha value is -1.95. The van der Waals surface area contributed by atoms with Gasteiger partial charge in [0.25, 0.3) is 5.91 Å². The molecule has 1 aromatic carbocycles. The molecular formula is C13H16FN3O2. The van der Waals surface area contributed by atoms with Crippen LogP contribution in [0.5, 0.6) is 0 Å². The Morgan fingerprint density at radius 2 is 2.00 bits per heavy atom. The number of carbonyl (C=O) groups excluding carboxylic acids is 2. The van der Waals surface area contributed by atoms with E-state index < -0.39 is 12.1 Å². The van der Waals surface area contributed by atoms with E-state index in [0.717, 1.165) is 4.90 Å². The molecule has 0 bridgehead atoms. The second-order valence-corrected chi connectivity index (χ2v) is 4.55. The Morgan fingerprint density at radius 1 is 1.37 bits per heavy atom. The normalized spacial score (nSPS) is 20.6. The summed E-state index contributed by atoms with van der Waals surface area (Å²) in [5.74, 6) is -0.731. The summed E-state index contributed by atoms with van der Waals surface area (Å²) in [4.78, 5) is 25.0. The van der Waals surface area contributed by atoms with Crippen LogP contribution in [-0.4, -0.2) is 29.4 Å². The molecule has 0 aromatic heterocycles. The molecule has 1 aliphatic rings. The molecule has 1 heterocycles. The fourth-order valence-corrected chi connectivity index (χ4v) is 1.94. The monoisotopic (exact) mass is 265 g/mol. The highest BCUT2D eigenvalue weighted by atomic mass is 19.1. The second-order valence-electron chi connectivity index (χ2n) is 4.55. The maximum absolute atomic E-state index is 12.8. The number of imide groups is 1. The number of halogens is 1. The highest BCUT2D eigenvalue weighted by Gasteiger charge is 2.39. The molecule has 1 aliphatic heterocycles. The number of hydrogen-bond donors (Lipinski definition) is 2. The van der Waals surface area contributed by atoms with Crippen molar-refractivity contribution in [2.24, 2.45) is 5.73 Å². The molecule has 2 rings (SSSR count). The van der Waals surface area contributed by atoms with Gasteiger partial charge >= 0.3 is 6.03 Å². The van der Waals surface area contributed by atoms with Crippen molar-refractivity contribution in [2.75, 3.05) is 6.54 Å². The molecule has 19 heavy (non-hydrogen) atoms. The SMILES string of the molecule is CCC(N)CN1C(=O)NC(c2ccc(F)cc2)C1=O. The van der Waals surface area contributed by atoms with Crippen LogP contribution in [0.15, 0.2) is 24.3 Å². The zero-order valence-corrected chi connectivity index (χ0v) is 10.6. The average molecular weight is 265 g/mol. The Kier molecular flexibility index (Phi) is 3.80. The van der Waals surface area contributed by atoms with Gasteiger partial charge in [-0.1, -0.05) is 19.1 Å². The largest absolute Gasteiger partial charge is 0.326 e. The first-order valence-corrected chi connectivity index (χ1v) is 6.16. The van der Waals surface area contributed by atoms with Gasteiger partial charge in [-0.15, -0.1) is 0 Å². The third-order valence-electron chi connectivity index (χ3n) is 3.17. The number of nitrogens with one attached hydrogen (secondary N) is 1. The van der Waals surface area contributed by atoms with Gasteiger partial charge in [0.05, 0.1) is 0 Å². The summed E-state index contributed by atoms with van der Waals surface area (Å²) in [6, 6.07) is 4.05. The fraction of sp³-hybridized carbons (Fsp3) is 0.385. The van der Waals surface area contributed by atoms with Crippen LogP contribution >= 0.6 is 0 Å². The lowest BCUT2D eigenvalue weighted by molar-refractivity contribution is -0.127. The molecule has 1 aromatic rings. The van der Waals surface area contributed by atoms with Crippen LogP contribution in [0, 0.1) is 5.82 Å². The van der Waals surface area contributed by atoms with E-state index in [1.54, 1.807) is 0 Å². The van der Waals surface area contributed by atoms with Crippen molar-refractivity contribution in [1.82, 2.24) is 10.2 Å². The number of carbonyl (C=O) groups is 2. The zero-order chi connectivity index (χ0) is 14.0. The number of rotatable bonds is 4. The summed E-state index contributed by atoms with van der Waals surface area (Å²) >= 11 is 0. The lowest BCUT2D eigenvalue weighted by Gasteiger charge is -2.17. The Balaban J connectivity index is 2.15. The van der Waals surface area contributed by atoms with Crippen LogP contribution in [0.2, 0.25) is 0 Å². The molecule has 6 heteroatoms. The van der Waals surface area contributed by atoms with Crippen molar-refractivity contribution in [3.05, 3.63) is 35.6 Å². The number of hydrogen-bond acceptors (Lipinski definition) is 3. The van der Waals surface area contributed by atoms with Gasteiger partial charge in [0.1, 0.15) is 11.9 Å². The van der Waals surface area contributed by atoms with Crippen LogP contribution < -0.4 is 11.1 Å². The van der Waals surface area contributed by atoms with Crippen LogP contribution in [0.25, 0.3) is 0 Å². The van der Waals surface area contributed by atoms with Crippen LogP contribution in [0.4, 0.5) is 9.18 Å². The number of benzene rings is 1. The maximum Gasteiger partial charge on any atom is 0.325 e. The van der Waals surface area contributed by atoms with Crippen molar-refractivity contribution >= 4 is 11.9 Å². The summed E-state index contributed by atoms with van der Waals surface area (Å²) in [6.07, 6.45) is 0.679. The first-order chi connectivity index (χ1) is 9.02. The Morgan fingerprint density at radius 3 is 2.58 bits per heavy atom. The molecule has 5 nitrogen and oxygen atoms in total. The number of nitrogens with two attached hydrogens (primary N) is 1. The number of nitrogens with zero attached hydrogens (tertiary/aromatic N) is 1. The van der Waals surface area contributed by atoms with Gasteiger partial charge in [0, 0.05) is 12.6 Å². The molecule has 2 unspecified atom stereocenters. The third kappa shape index (κ3) is 2.73. The molecule has 2 atom stereocenters. The summed E-state index contributed by atoms with van der Waals surface area (Å²) in [5, 5.41) is 2.58. The highest BCUT2D eigenvalue weighted by Crippen LogP contribution is 2.22. The lowest BCUT2D eigenvalue weighted by Crippen LogP contribution is -2.41. The predicted molar refractivity (Wildman–Crippen MR) is 67.7 cm³/mol. The predicted octanol–water partition coefficient (Wildman–Crippen LogP) is 1.16. The minimum Gasteiger partial charge on any atom is -0.326 e. The molecule has 1 fully saturated rings. The average Bonchev–Trinajstić information content (AvgIpc) is 2.67. The van der Waals surface area contributed by atoms with Gasteiger partial charge in [-0.2, -0.15) is 0 Å². The van der Waals surface area contributed by atoms with Crippen LogP contribution in [0.1, 0.15) is 24.9 Å². The summed E-state index contributed by atoms with van der Waals surface area (Å²) < 4.78 is 12.8. The molecule has 1 saturated heterocycles. The van der Waals surface area contributed by atoms with Crippen molar-refractivity contribution in [1.29, 1.82) is 0 Å². The zero-order valence-electron chi connectivity index (χ0n) is 10.6. The van der Waals surface area contributed by atoms with E-state index in [0.29, 0.717) is 12.0 Å². The molecule has 0 radical (unpaired) electrons. The van der Waals surface area contributed by atoms with Crippen LogP contribution in [0.3, 0.4) is 0 Å². The molecule has 3 amide bonds.